The van der Waals surface area contributed by atoms with Crippen LogP contribution in [-0.4, -0.2) is 22.3 Å². The van der Waals surface area contributed by atoms with Gasteiger partial charge in [0.1, 0.15) is 0 Å². The molecular weight excluding hydrogens is 246 g/mol. The fourth-order valence-electron chi connectivity index (χ4n) is 2.16. The molecule has 2 aromatic heterocycles. The molecule has 0 unspecified atom stereocenters. The summed E-state index contributed by atoms with van der Waals surface area (Å²) < 4.78 is 12.4. The number of furan rings is 1. The van der Waals surface area contributed by atoms with Crippen LogP contribution in [0.15, 0.2) is 16.9 Å². The molecule has 1 aliphatic heterocycles. The molecular formula is C13H15N3O3. The number of carbonyl (C=O) groups is 1. The van der Waals surface area contributed by atoms with E-state index in [1.165, 1.54) is 0 Å². The average molecular weight is 261 g/mol. The zero-order chi connectivity index (χ0) is 13.4. The first-order valence-electron chi connectivity index (χ1n) is 6.13. The summed E-state index contributed by atoms with van der Waals surface area (Å²) in [4.78, 5) is 12.2. The van der Waals surface area contributed by atoms with E-state index < -0.39 is 0 Å². The molecule has 6 heteroatoms. The molecule has 0 bridgehead atoms. The van der Waals surface area contributed by atoms with Crippen LogP contribution in [0.25, 0.3) is 0 Å². The lowest BCUT2D eigenvalue weighted by molar-refractivity contribution is 0.0988. The standard InChI is InChI=1S/C13H15N3O3/c1-8-11(5-14-16(8)2)15-13(17)12-10-3-4-18-6-9(10)7-19-12/h5,7H,3-4,6H2,1-2H3,(H,15,17). The van der Waals surface area contributed by atoms with Crippen LogP contribution < -0.4 is 5.32 Å². The van der Waals surface area contributed by atoms with E-state index in [1.54, 1.807) is 17.1 Å². The summed E-state index contributed by atoms with van der Waals surface area (Å²) in [7, 11) is 1.83. The van der Waals surface area contributed by atoms with Gasteiger partial charge in [-0.25, -0.2) is 0 Å². The number of ether oxygens (including phenoxy) is 1. The van der Waals surface area contributed by atoms with Gasteiger partial charge in [-0.05, 0) is 6.92 Å². The lowest BCUT2D eigenvalue weighted by atomic mass is 10.1. The Balaban J connectivity index is 1.85. The molecule has 2 aromatic rings. The highest BCUT2D eigenvalue weighted by Crippen LogP contribution is 2.24. The van der Waals surface area contributed by atoms with Crippen LogP contribution in [0.5, 0.6) is 0 Å². The molecule has 0 radical (unpaired) electrons. The normalized spacial score (nSPS) is 14.2. The van der Waals surface area contributed by atoms with Crippen molar-refractivity contribution >= 4 is 11.6 Å². The minimum atomic E-state index is -0.237. The molecule has 0 fully saturated rings. The Morgan fingerprint density at radius 3 is 3.11 bits per heavy atom. The monoisotopic (exact) mass is 261 g/mol. The molecule has 1 amide bonds. The van der Waals surface area contributed by atoms with Crippen LogP contribution in [-0.2, 0) is 24.8 Å². The van der Waals surface area contributed by atoms with E-state index in [0.717, 1.165) is 16.8 Å². The van der Waals surface area contributed by atoms with Gasteiger partial charge in [-0.2, -0.15) is 5.10 Å². The van der Waals surface area contributed by atoms with Crippen molar-refractivity contribution in [1.82, 2.24) is 9.78 Å². The summed E-state index contributed by atoms with van der Waals surface area (Å²) in [5, 5.41) is 6.92. The van der Waals surface area contributed by atoms with Gasteiger partial charge in [0.2, 0.25) is 0 Å². The molecule has 100 valence electrons. The number of fused-ring (bicyclic) bond motifs is 1. The molecule has 0 atom stereocenters. The molecule has 19 heavy (non-hydrogen) atoms. The molecule has 1 N–H and O–H groups in total. The van der Waals surface area contributed by atoms with Crippen LogP contribution in [0.2, 0.25) is 0 Å². The maximum atomic E-state index is 12.2. The van der Waals surface area contributed by atoms with Crippen molar-refractivity contribution in [3.63, 3.8) is 0 Å². The number of hydrogen-bond acceptors (Lipinski definition) is 4. The van der Waals surface area contributed by atoms with E-state index >= 15 is 0 Å². The van der Waals surface area contributed by atoms with Crippen molar-refractivity contribution in [3.8, 4) is 0 Å². The Labute approximate surface area is 110 Å². The zero-order valence-electron chi connectivity index (χ0n) is 10.9. The molecule has 1 aliphatic rings. The summed E-state index contributed by atoms with van der Waals surface area (Å²) in [6.45, 7) is 3.03. The number of carbonyl (C=O) groups excluding carboxylic acids is 1. The van der Waals surface area contributed by atoms with Crippen molar-refractivity contribution < 1.29 is 13.9 Å². The van der Waals surface area contributed by atoms with Crippen LogP contribution in [0.4, 0.5) is 5.69 Å². The third-order valence-corrected chi connectivity index (χ3v) is 3.42. The lowest BCUT2D eigenvalue weighted by Gasteiger charge is -2.12. The Morgan fingerprint density at radius 2 is 2.37 bits per heavy atom. The molecule has 0 aromatic carbocycles. The van der Waals surface area contributed by atoms with Gasteiger partial charge in [-0.1, -0.05) is 0 Å². The summed E-state index contributed by atoms with van der Waals surface area (Å²) in [6.07, 6.45) is 3.94. The van der Waals surface area contributed by atoms with Crippen LogP contribution >= 0.6 is 0 Å². The van der Waals surface area contributed by atoms with Gasteiger partial charge in [-0.3, -0.25) is 9.48 Å². The summed E-state index contributed by atoms with van der Waals surface area (Å²) >= 11 is 0. The molecule has 6 nitrogen and oxygen atoms in total. The quantitative estimate of drug-likeness (QED) is 0.892. The highest BCUT2D eigenvalue weighted by molar-refractivity contribution is 6.03. The first-order chi connectivity index (χ1) is 9.16. The molecule has 0 spiro atoms. The number of amides is 1. The van der Waals surface area contributed by atoms with Crippen LogP contribution in [0, 0.1) is 6.92 Å². The number of nitrogens with zero attached hydrogens (tertiary/aromatic N) is 2. The molecule has 0 saturated heterocycles. The third-order valence-electron chi connectivity index (χ3n) is 3.42. The minimum absolute atomic E-state index is 0.237. The first kappa shape index (κ1) is 12.0. The summed E-state index contributed by atoms with van der Waals surface area (Å²) in [6, 6.07) is 0. The van der Waals surface area contributed by atoms with Crippen molar-refractivity contribution in [2.45, 2.75) is 20.0 Å². The fourth-order valence-corrected chi connectivity index (χ4v) is 2.16. The van der Waals surface area contributed by atoms with Crippen LogP contribution in [0.1, 0.15) is 27.4 Å². The Bertz CT molecular complexity index is 627. The second kappa shape index (κ2) is 4.55. The number of hydrogen-bond donors (Lipinski definition) is 1. The van der Waals surface area contributed by atoms with Crippen molar-refractivity contribution in [2.75, 3.05) is 11.9 Å². The van der Waals surface area contributed by atoms with Gasteiger partial charge in [0.15, 0.2) is 5.76 Å². The average Bonchev–Trinajstić information content (AvgIpc) is 2.97. The van der Waals surface area contributed by atoms with Crippen molar-refractivity contribution in [1.29, 1.82) is 0 Å². The number of anilines is 1. The zero-order valence-corrected chi connectivity index (χ0v) is 10.9. The second-order valence-electron chi connectivity index (χ2n) is 4.59. The van der Waals surface area contributed by atoms with Crippen molar-refractivity contribution in [3.05, 3.63) is 35.0 Å². The maximum Gasteiger partial charge on any atom is 0.291 e. The lowest BCUT2D eigenvalue weighted by Crippen LogP contribution is -2.16. The van der Waals surface area contributed by atoms with Crippen LogP contribution in [0.3, 0.4) is 0 Å². The Morgan fingerprint density at radius 1 is 1.53 bits per heavy atom. The topological polar surface area (TPSA) is 69.3 Å². The van der Waals surface area contributed by atoms with Gasteiger partial charge >= 0.3 is 0 Å². The smallest absolute Gasteiger partial charge is 0.291 e. The van der Waals surface area contributed by atoms with E-state index in [4.69, 9.17) is 9.15 Å². The number of rotatable bonds is 2. The van der Waals surface area contributed by atoms with Crippen molar-refractivity contribution in [2.24, 2.45) is 7.05 Å². The molecule has 0 aliphatic carbocycles. The van der Waals surface area contributed by atoms with E-state index in [-0.39, 0.29) is 5.91 Å². The highest BCUT2D eigenvalue weighted by Gasteiger charge is 2.23. The van der Waals surface area contributed by atoms with E-state index in [1.807, 2.05) is 14.0 Å². The highest BCUT2D eigenvalue weighted by atomic mass is 16.5. The van der Waals surface area contributed by atoms with Gasteiger partial charge in [0.05, 0.1) is 37.1 Å². The Kier molecular flexibility index (Phi) is 2.87. The van der Waals surface area contributed by atoms with Gasteiger partial charge in [0.25, 0.3) is 5.91 Å². The van der Waals surface area contributed by atoms with E-state index in [2.05, 4.69) is 10.4 Å². The maximum absolute atomic E-state index is 12.2. The number of nitrogens with one attached hydrogen (secondary N) is 1. The largest absolute Gasteiger partial charge is 0.458 e. The van der Waals surface area contributed by atoms with Gasteiger partial charge in [0, 0.05) is 24.6 Å². The number of aryl methyl sites for hydroxylation is 1. The third kappa shape index (κ3) is 2.04. The SMILES string of the molecule is Cc1c(NC(=O)c2occ3c2CCOC3)cnn1C. The molecule has 0 saturated carbocycles. The van der Waals surface area contributed by atoms with Gasteiger partial charge < -0.3 is 14.5 Å². The summed E-state index contributed by atoms with van der Waals surface area (Å²) in [5.41, 5.74) is 3.51. The van der Waals surface area contributed by atoms with E-state index in [0.29, 0.717) is 31.1 Å². The van der Waals surface area contributed by atoms with E-state index in [9.17, 15) is 4.79 Å². The summed E-state index contributed by atoms with van der Waals surface area (Å²) in [5.74, 6) is 0.140. The molecule has 3 rings (SSSR count). The number of aromatic nitrogens is 2. The first-order valence-corrected chi connectivity index (χ1v) is 6.13. The predicted molar refractivity (Wildman–Crippen MR) is 68.0 cm³/mol. The molecule has 3 heterocycles. The fraction of sp³-hybridized carbons (Fsp3) is 0.385. The Hall–Kier alpha value is -2.08. The minimum Gasteiger partial charge on any atom is -0.458 e. The second-order valence-corrected chi connectivity index (χ2v) is 4.59. The van der Waals surface area contributed by atoms with Gasteiger partial charge in [-0.15, -0.1) is 0 Å². The predicted octanol–water partition coefficient (Wildman–Crippen LogP) is 1.65.